The van der Waals surface area contributed by atoms with Gasteiger partial charge in [-0.1, -0.05) is 30.4 Å². The molecule has 2 aliphatic heterocycles. The highest BCUT2D eigenvalue weighted by atomic mass is 32.1. The summed E-state index contributed by atoms with van der Waals surface area (Å²) in [6.45, 7) is 0. The lowest BCUT2D eigenvalue weighted by molar-refractivity contribution is 0.0598. The SMILES string of the molecule is O=C1c2ccccc2C2(c3ccc(O)cc3Oc3cc(O)ccc32)N1NC(=S)S. The number of nitrogens with one attached hydrogen (secondary N) is 1. The molecule has 5 rings (SSSR count). The predicted molar refractivity (Wildman–Crippen MR) is 114 cm³/mol. The van der Waals surface area contributed by atoms with E-state index >= 15 is 0 Å². The van der Waals surface area contributed by atoms with E-state index < -0.39 is 5.54 Å². The summed E-state index contributed by atoms with van der Waals surface area (Å²) in [4.78, 5) is 13.4. The first kappa shape index (κ1) is 17.8. The standard InChI is InChI=1S/C21H14N2O4S2/c24-11-5-7-15-17(9-11)27-18-10-12(25)6-8-16(18)21(15)14-4-2-1-3-13(14)19(26)23(21)22-20(28)29/h1-10,24-25H,(H2,22,28,29). The molecule has 8 heteroatoms. The van der Waals surface area contributed by atoms with Gasteiger partial charge in [-0.2, -0.15) is 0 Å². The Labute approximate surface area is 176 Å². The first-order chi connectivity index (χ1) is 13.9. The molecule has 0 saturated carbocycles. The second-order valence-corrected chi connectivity index (χ2v) is 7.93. The van der Waals surface area contributed by atoms with E-state index in [1.807, 2.05) is 12.1 Å². The Balaban J connectivity index is 1.94. The summed E-state index contributed by atoms with van der Waals surface area (Å²) < 4.78 is 6.11. The fourth-order valence-electron chi connectivity index (χ4n) is 4.19. The summed E-state index contributed by atoms with van der Waals surface area (Å²) in [5.41, 5.74) is 4.29. The maximum absolute atomic E-state index is 13.4. The summed E-state index contributed by atoms with van der Waals surface area (Å²) in [5, 5.41) is 21.5. The van der Waals surface area contributed by atoms with Gasteiger partial charge in [0.05, 0.1) is 0 Å². The van der Waals surface area contributed by atoms with Gasteiger partial charge in [0.1, 0.15) is 32.9 Å². The molecule has 1 amide bonds. The van der Waals surface area contributed by atoms with Gasteiger partial charge in [-0.15, -0.1) is 12.6 Å². The highest BCUT2D eigenvalue weighted by Gasteiger charge is 2.57. The molecule has 0 atom stereocenters. The van der Waals surface area contributed by atoms with Crippen molar-refractivity contribution in [3.05, 3.63) is 82.9 Å². The molecule has 0 saturated heterocycles. The van der Waals surface area contributed by atoms with E-state index in [1.165, 1.54) is 29.3 Å². The van der Waals surface area contributed by atoms with Gasteiger partial charge in [-0.3, -0.25) is 10.2 Å². The molecule has 2 aliphatic rings. The summed E-state index contributed by atoms with van der Waals surface area (Å²) in [7, 11) is 0. The molecule has 3 aromatic rings. The number of benzene rings is 3. The van der Waals surface area contributed by atoms with Crippen molar-refractivity contribution in [2.45, 2.75) is 5.54 Å². The molecular weight excluding hydrogens is 408 g/mol. The van der Waals surface area contributed by atoms with Crippen LogP contribution in [0.4, 0.5) is 0 Å². The molecule has 3 aromatic carbocycles. The first-order valence-electron chi connectivity index (χ1n) is 8.71. The van der Waals surface area contributed by atoms with Crippen LogP contribution < -0.4 is 10.2 Å². The normalized spacial score (nSPS) is 15.3. The molecule has 0 aliphatic carbocycles. The van der Waals surface area contributed by atoms with Gasteiger partial charge in [0.15, 0.2) is 0 Å². The lowest BCUT2D eigenvalue weighted by Crippen LogP contribution is -2.54. The second-order valence-electron chi connectivity index (χ2n) is 6.78. The highest BCUT2D eigenvalue weighted by molar-refractivity contribution is 8.11. The van der Waals surface area contributed by atoms with Crippen LogP contribution in [-0.4, -0.2) is 25.4 Å². The number of hydrogen-bond donors (Lipinski definition) is 4. The van der Waals surface area contributed by atoms with Crippen molar-refractivity contribution in [2.75, 3.05) is 0 Å². The van der Waals surface area contributed by atoms with E-state index in [9.17, 15) is 15.0 Å². The van der Waals surface area contributed by atoms with Crippen LogP contribution in [0.2, 0.25) is 0 Å². The van der Waals surface area contributed by atoms with Crippen molar-refractivity contribution >= 4 is 35.1 Å². The van der Waals surface area contributed by atoms with Crippen molar-refractivity contribution < 1.29 is 19.7 Å². The lowest BCUT2D eigenvalue weighted by atomic mass is 9.75. The molecule has 0 bridgehead atoms. The molecule has 0 unspecified atom stereocenters. The third-order valence-corrected chi connectivity index (χ3v) is 5.41. The van der Waals surface area contributed by atoms with Crippen molar-refractivity contribution in [3.63, 3.8) is 0 Å². The number of phenolic OH excluding ortho intramolecular Hbond substituents is 2. The predicted octanol–water partition coefficient (Wildman–Crippen LogP) is 3.67. The van der Waals surface area contributed by atoms with Gasteiger partial charge >= 0.3 is 0 Å². The zero-order valence-electron chi connectivity index (χ0n) is 14.8. The molecule has 6 nitrogen and oxygen atoms in total. The molecule has 144 valence electrons. The molecule has 0 fully saturated rings. The van der Waals surface area contributed by atoms with Crippen LogP contribution in [0.1, 0.15) is 27.0 Å². The minimum Gasteiger partial charge on any atom is -0.508 e. The van der Waals surface area contributed by atoms with E-state index in [0.717, 1.165) is 5.56 Å². The molecule has 0 aromatic heterocycles. The highest BCUT2D eigenvalue weighted by Crippen LogP contribution is 2.57. The maximum atomic E-state index is 13.4. The number of hydrazine groups is 1. The van der Waals surface area contributed by atoms with Crippen LogP contribution in [0, 0.1) is 0 Å². The number of carbonyl (C=O) groups is 1. The molecule has 3 N–H and O–H groups in total. The Morgan fingerprint density at radius 2 is 1.55 bits per heavy atom. The minimum atomic E-state index is -1.13. The van der Waals surface area contributed by atoms with Crippen molar-refractivity contribution in [3.8, 4) is 23.0 Å². The van der Waals surface area contributed by atoms with Crippen LogP contribution in [0.5, 0.6) is 23.0 Å². The number of aromatic hydroxyl groups is 2. The second kappa shape index (κ2) is 6.13. The maximum Gasteiger partial charge on any atom is 0.274 e. The Kier molecular flexibility index (Phi) is 3.77. The number of thiocarbonyl (C=S) groups is 1. The van der Waals surface area contributed by atoms with E-state index in [0.29, 0.717) is 28.2 Å². The number of carbonyl (C=O) groups excluding carboxylic acids is 1. The van der Waals surface area contributed by atoms with Crippen molar-refractivity contribution in [1.29, 1.82) is 0 Å². The van der Waals surface area contributed by atoms with E-state index in [-0.39, 0.29) is 21.7 Å². The van der Waals surface area contributed by atoms with Crippen molar-refractivity contribution in [1.82, 2.24) is 10.4 Å². The fourth-order valence-corrected chi connectivity index (χ4v) is 4.38. The van der Waals surface area contributed by atoms with Crippen LogP contribution in [0.3, 0.4) is 0 Å². The zero-order chi connectivity index (χ0) is 20.3. The Bertz CT molecular complexity index is 1160. The zero-order valence-corrected chi connectivity index (χ0v) is 16.5. The fraction of sp³-hybridized carbons (Fsp3) is 0.0476. The summed E-state index contributed by atoms with van der Waals surface area (Å²) >= 11 is 9.32. The number of rotatable bonds is 1. The van der Waals surface area contributed by atoms with E-state index in [4.69, 9.17) is 17.0 Å². The Morgan fingerprint density at radius 3 is 2.14 bits per heavy atom. The number of nitrogens with zero attached hydrogens (tertiary/aromatic N) is 1. The molecule has 2 heterocycles. The number of hydrogen-bond acceptors (Lipinski definition) is 5. The van der Waals surface area contributed by atoms with E-state index in [1.54, 1.807) is 24.3 Å². The number of phenols is 2. The third kappa shape index (κ3) is 2.36. The van der Waals surface area contributed by atoms with Crippen LogP contribution in [0.25, 0.3) is 0 Å². The van der Waals surface area contributed by atoms with Gasteiger partial charge in [-0.25, -0.2) is 5.01 Å². The third-order valence-electron chi connectivity index (χ3n) is 5.22. The molecule has 0 radical (unpaired) electrons. The molecular formula is C21H14N2O4S2. The van der Waals surface area contributed by atoms with Gasteiger partial charge in [0.25, 0.3) is 5.91 Å². The largest absolute Gasteiger partial charge is 0.508 e. The van der Waals surface area contributed by atoms with E-state index in [2.05, 4.69) is 18.1 Å². The number of amides is 1. The monoisotopic (exact) mass is 422 g/mol. The van der Waals surface area contributed by atoms with Crippen LogP contribution >= 0.6 is 24.8 Å². The molecule has 29 heavy (non-hydrogen) atoms. The number of fused-ring (bicyclic) bond motifs is 6. The smallest absolute Gasteiger partial charge is 0.274 e. The number of thiol groups is 1. The Morgan fingerprint density at radius 1 is 0.966 bits per heavy atom. The topological polar surface area (TPSA) is 82.0 Å². The van der Waals surface area contributed by atoms with Crippen molar-refractivity contribution in [2.24, 2.45) is 0 Å². The summed E-state index contributed by atoms with van der Waals surface area (Å²) in [6.07, 6.45) is 0. The summed E-state index contributed by atoms with van der Waals surface area (Å²) in [6, 6.07) is 16.7. The first-order valence-corrected chi connectivity index (χ1v) is 9.57. The van der Waals surface area contributed by atoms with Gasteiger partial charge in [-0.05, 0) is 30.3 Å². The average Bonchev–Trinajstić information content (AvgIpc) is 2.91. The lowest BCUT2D eigenvalue weighted by Gasteiger charge is -2.43. The quantitative estimate of drug-likeness (QED) is 0.354. The van der Waals surface area contributed by atoms with Crippen LogP contribution in [-0.2, 0) is 5.54 Å². The van der Waals surface area contributed by atoms with Crippen LogP contribution in [0.15, 0.2) is 60.7 Å². The molecule has 1 spiro atoms. The summed E-state index contributed by atoms with van der Waals surface area (Å²) in [5.74, 6) is 0.486. The minimum absolute atomic E-state index is 0.0179. The Hall–Kier alpha value is -3.23. The number of ether oxygens (including phenoxy) is 1. The average molecular weight is 422 g/mol. The van der Waals surface area contributed by atoms with Gasteiger partial charge < -0.3 is 14.9 Å². The van der Waals surface area contributed by atoms with Gasteiger partial charge in [0, 0.05) is 34.4 Å². The van der Waals surface area contributed by atoms with Gasteiger partial charge in [0.2, 0.25) is 0 Å².